The third-order valence-electron chi connectivity index (χ3n) is 4.23. The summed E-state index contributed by atoms with van der Waals surface area (Å²) in [5.41, 5.74) is 1.91. The number of hydrogen-bond acceptors (Lipinski definition) is 6. The number of thiophene rings is 1. The monoisotopic (exact) mass is 354 g/mol. The molecule has 0 spiro atoms. The number of nitrogens with one attached hydrogen (secondary N) is 1. The lowest BCUT2D eigenvalue weighted by Gasteiger charge is -1.99. The number of rotatable bonds is 2. The Kier molecular flexibility index (Phi) is 3.47. The number of aryl methyl sites for hydroxylation is 2. The summed E-state index contributed by atoms with van der Waals surface area (Å²) in [6, 6.07) is 7.64. The number of hydrogen-bond donors (Lipinski definition) is 1. The van der Waals surface area contributed by atoms with Crippen LogP contribution in [0.4, 0.5) is 0 Å². The average Bonchev–Trinajstić information content (AvgIpc) is 3.12. The highest BCUT2D eigenvalue weighted by molar-refractivity contribution is 7.20. The van der Waals surface area contributed by atoms with Gasteiger partial charge in [-0.1, -0.05) is 18.2 Å². The maximum absolute atomic E-state index is 12.6. The molecule has 0 unspecified atom stereocenters. The van der Waals surface area contributed by atoms with Crippen LogP contribution in [0.25, 0.3) is 32.8 Å². The Morgan fingerprint density at radius 1 is 1.24 bits per heavy atom. The summed E-state index contributed by atoms with van der Waals surface area (Å²) < 4.78 is 10.6. The van der Waals surface area contributed by atoms with E-state index in [0.29, 0.717) is 32.2 Å². The van der Waals surface area contributed by atoms with Gasteiger partial charge in [0.2, 0.25) is 0 Å². The predicted molar refractivity (Wildman–Crippen MR) is 96.3 cm³/mol. The van der Waals surface area contributed by atoms with Crippen LogP contribution in [0.15, 0.2) is 33.5 Å². The smallest absolute Gasteiger partial charge is 0.348 e. The quantitative estimate of drug-likeness (QED) is 0.553. The van der Waals surface area contributed by atoms with Gasteiger partial charge in [0.15, 0.2) is 11.6 Å². The van der Waals surface area contributed by atoms with Crippen LogP contribution in [-0.4, -0.2) is 23.0 Å². The zero-order chi connectivity index (χ0) is 17.7. The summed E-state index contributed by atoms with van der Waals surface area (Å²) in [6.45, 7) is 3.64. The van der Waals surface area contributed by atoms with E-state index in [-0.39, 0.29) is 5.56 Å². The molecule has 1 aromatic carbocycles. The number of H-pyrrole nitrogens is 1. The SMILES string of the molecule is COC(=O)c1sc2nc(-c3oc4ccccc4c3C)[nH]c(=O)c2c1C. The van der Waals surface area contributed by atoms with Gasteiger partial charge in [-0.3, -0.25) is 4.79 Å². The van der Waals surface area contributed by atoms with Crippen molar-refractivity contribution in [3.63, 3.8) is 0 Å². The molecule has 3 heterocycles. The fourth-order valence-electron chi connectivity index (χ4n) is 2.94. The number of nitrogens with zero attached hydrogens (tertiary/aromatic N) is 1. The van der Waals surface area contributed by atoms with Gasteiger partial charge in [-0.05, 0) is 25.5 Å². The molecule has 4 aromatic rings. The first-order valence-electron chi connectivity index (χ1n) is 7.61. The summed E-state index contributed by atoms with van der Waals surface area (Å²) >= 11 is 1.15. The molecule has 6 nitrogen and oxygen atoms in total. The van der Waals surface area contributed by atoms with Crippen LogP contribution < -0.4 is 5.56 Å². The number of carbonyl (C=O) groups excluding carboxylic acids is 1. The molecule has 0 aliphatic heterocycles. The van der Waals surface area contributed by atoms with Crippen molar-refractivity contribution in [2.24, 2.45) is 0 Å². The van der Waals surface area contributed by atoms with Gasteiger partial charge in [0, 0.05) is 10.9 Å². The maximum Gasteiger partial charge on any atom is 0.348 e. The standard InChI is InChI=1S/C18H14N2O4S/c1-8-10-6-4-5-7-11(10)24-13(8)15-19-16(21)12-9(2)14(18(22)23-3)25-17(12)20-15/h4-7H,1-3H3,(H,19,20,21). The van der Waals surface area contributed by atoms with Crippen molar-refractivity contribution in [2.45, 2.75) is 13.8 Å². The van der Waals surface area contributed by atoms with Gasteiger partial charge in [-0.2, -0.15) is 0 Å². The molecule has 0 aliphatic rings. The minimum atomic E-state index is -0.471. The van der Waals surface area contributed by atoms with Crippen LogP contribution in [0, 0.1) is 13.8 Å². The Morgan fingerprint density at radius 3 is 2.72 bits per heavy atom. The van der Waals surface area contributed by atoms with E-state index in [1.807, 2.05) is 31.2 Å². The van der Waals surface area contributed by atoms with Crippen molar-refractivity contribution in [2.75, 3.05) is 7.11 Å². The highest BCUT2D eigenvalue weighted by atomic mass is 32.1. The molecule has 1 N–H and O–H groups in total. The summed E-state index contributed by atoms with van der Waals surface area (Å²) in [4.78, 5) is 32.6. The molecule has 4 rings (SSSR count). The van der Waals surface area contributed by atoms with Gasteiger partial charge < -0.3 is 14.1 Å². The Labute approximate surface area is 146 Å². The molecule has 0 amide bonds. The molecule has 25 heavy (non-hydrogen) atoms. The molecule has 126 valence electrons. The molecular formula is C18H14N2O4S. The van der Waals surface area contributed by atoms with Crippen molar-refractivity contribution >= 4 is 38.5 Å². The van der Waals surface area contributed by atoms with E-state index in [0.717, 1.165) is 27.9 Å². The van der Waals surface area contributed by atoms with E-state index >= 15 is 0 Å². The number of benzene rings is 1. The maximum atomic E-state index is 12.6. The van der Waals surface area contributed by atoms with E-state index in [4.69, 9.17) is 9.15 Å². The lowest BCUT2D eigenvalue weighted by molar-refractivity contribution is 0.0605. The number of aromatic nitrogens is 2. The highest BCUT2D eigenvalue weighted by Gasteiger charge is 2.21. The van der Waals surface area contributed by atoms with Gasteiger partial charge in [0.05, 0.1) is 12.5 Å². The van der Waals surface area contributed by atoms with E-state index in [1.165, 1.54) is 7.11 Å². The number of ether oxygens (including phenoxy) is 1. The summed E-state index contributed by atoms with van der Waals surface area (Å²) in [6.07, 6.45) is 0. The molecule has 0 saturated heterocycles. The van der Waals surface area contributed by atoms with E-state index < -0.39 is 5.97 Å². The highest BCUT2D eigenvalue weighted by Crippen LogP contribution is 2.33. The predicted octanol–water partition coefficient (Wildman–Crippen LogP) is 3.80. The van der Waals surface area contributed by atoms with E-state index in [1.54, 1.807) is 6.92 Å². The topological polar surface area (TPSA) is 85.2 Å². The Morgan fingerprint density at radius 2 is 2.00 bits per heavy atom. The number of fused-ring (bicyclic) bond motifs is 2. The van der Waals surface area contributed by atoms with E-state index in [2.05, 4.69) is 9.97 Å². The Bertz CT molecular complexity index is 1200. The lowest BCUT2D eigenvalue weighted by atomic mass is 10.1. The van der Waals surface area contributed by atoms with Gasteiger partial charge in [-0.25, -0.2) is 9.78 Å². The van der Waals surface area contributed by atoms with Gasteiger partial charge in [0.25, 0.3) is 5.56 Å². The number of aromatic amines is 1. The molecule has 0 saturated carbocycles. The van der Waals surface area contributed by atoms with Gasteiger partial charge in [0.1, 0.15) is 15.3 Å². The molecule has 0 bridgehead atoms. The number of furan rings is 1. The average molecular weight is 354 g/mol. The fourth-order valence-corrected chi connectivity index (χ4v) is 4.04. The van der Waals surface area contributed by atoms with Crippen molar-refractivity contribution in [1.29, 1.82) is 0 Å². The summed E-state index contributed by atoms with van der Waals surface area (Å²) in [5.74, 6) is 0.399. The van der Waals surface area contributed by atoms with Crippen molar-refractivity contribution < 1.29 is 13.9 Å². The number of carbonyl (C=O) groups is 1. The second kappa shape index (κ2) is 5.56. The van der Waals surface area contributed by atoms with Gasteiger partial charge >= 0.3 is 5.97 Å². The summed E-state index contributed by atoms with van der Waals surface area (Å²) in [7, 11) is 1.31. The van der Waals surface area contributed by atoms with Crippen LogP contribution in [0.3, 0.4) is 0 Å². The Hall–Kier alpha value is -2.93. The fraction of sp³-hybridized carbons (Fsp3) is 0.167. The normalized spacial score (nSPS) is 11.3. The molecule has 7 heteroatoms. The molecule has 0 aliphatic carbocycles. The first-order chi connectivity index (χ1) is 12.0. The van der Waals surface area contributed by atoms with Crippen LogP contribution in [0.5, 0.6) is 0 Å². The number of methoxy groups -OCH3 is 1. The third kappa shape index (κ3) is 2.27. The summed E-state index contributed by atoms with van der Waals surface area (Å²) in [5, 5.41) is 1.38. The van der Waals surface area contributed by atoms with Crippen LogP contribution in [0.2, 0.25) is 0 Å². The second-order valence-electron chi connectivity index (χ2n) is 5.69. The lowest BCUT2D eigenvalue weighted by Crippen LogP contribution is -2.09. The van der Waals surface area contributed by atoms with Crippen LogP contribution in [0.1, 0.15) is 20.8 Å². The molecule has 3 aromatic heterocycles. The van der Waals surface area contributed by atoms with Crippen LogP contribution >= 0.6 is 11.3 Å². The molecule has 0 atom stereocenters. The van der Waals surface area contributed by atoms with Crippen LogP contribution in [-0.2, 0) is 4.74 Å². The first kappa shape index (κ1) is 15.6. The van der Waals surface area contributed by atoms with Crippen molar-refractivity contribution in [3.8, 4) is 11.6 Å². The van der Waals surface area contributed by atoms with Gasteiger partial charge in [-0.15, -0.1) is 11.3 Å². The Balaban J connectivity index is 1.98. The molecule has 0 fully saturated rings. The minimum Gasteiger partial charge on any atom is -0.465 e. The zero-order valence-corrected chi connectivity index (χ0v) is 14.6. The molecular weight excluding hydrogens is 340 g/mol. The van der Waals surface area contributed by atoms with Crippen molar-refractivity contribution in [1.82, 2.24) is 9.97 Å². The number of esters is 1. The number of para-hydroxylation sites is 1. The third-order valence-corrected chi connectivity index (χ3v) is 5.40. The van der Waals surface area contributed by atoms with Crippen molar-refractivity contribution in [3.05, 3.63) is 50.6 Å². The molecule has 0 radical (unpaired) electrons. The second-order valence-corrected chi connectivity index (χ2v) is 6.69. The first-order valence-corrected chi connectivity index (χ1v) is 8.43. The zero-order valence-electron chi connectivity index (χ0n) is 13.8. The largest absolute Gasteiger partial charge is 0.465 e. The minimum absolute atomic E-state index is 0.302. The van der Waals surface area contributed by atoms with E-state index in [9.17, 15) is 9.59 Å².